The molecule has 0 amide bonds. The Labute approximate surface area is 128 Å². The molecule has 2 rings (SSSR count). The molecular formula is C14H18N6O2. The quantitative estimate of drug-likeness (QED) is 0.622. The predicted octanol–water partition coefficient (Wildman–Crippen LogP) is 1.11. The summed E-state index contributed by atoms with van der Waals surface area (Å²) in [7, 11) is 3.78. The Morgan fingerprint density at radius 1 is 1.32 bits per heavy atom. The lowest BCUT2D eigenvalue weighted by Gasteiger charge is -2.14. The van der Waals surface area contributed by atoms with Crippen LogP contribution in [0.2, 0.25) is 0 Å². The molecule has 2 heterocycles. The van der Waals surface area contributed by atoms with Gasteiger partial charge in [-0.1, -0.05) is 0 Å². The zero-order chi connectivity index (χ0) is 16.5. The number of nitrogens with zero attached hydrogens (tertiary/aromatic N) is 5. The van der Waals surface area contributed by atoms with E-state index in [0.717, 1.165) is 0 Å². The molecule has 116 valence electrons. The van der Waals surface area contributed by atoms with Gasteiger partial charge in [-0.2, -0.15) is 0 Å². The lowest BCUT2D eigenvalue weighted by Crippen LogP contribution is -2.34. The van der Waals surface area contributed by atoms with Crippen molar-refractivity contribution >= 4 is 17.3 Å². The van der Waals surface area contributed by atoms with E-state index in [1.807, 2.05) is 25.2 Å². The molecule has 0 saturated carbocycles. The highest BCUT2D eigenvalue weighted by Gasteiger charge is 2.32. The van der Waals surface area contributed by atoms with Crippen molar-refractivity contribution in [1.82, 2.24) is 4.90 Å². The Morgan fingerprint density at radius 2 is 1.95 bits per heavy atom. The monoisotopic (exact) mass is 302 g/mol. The first-order valence-corrected chi connectivity index (χ1v) is 6.65. The van der Waals surface area contributed by atoms with E-state index in [2.05, 4.69) is 15.0 Å². The van der Waals surface area contributed by atoms with E-state index in [1.165, 1.54) is 0 Å². The summed E-state index contributed by atoms with van der Waals surface area (Å²) in [5.41, 5.74) is 6.69. The second kappa shape index (κ2) is 5.64. The SMILES string of the molecule is CN(C)/C=C/C1=NC2=CC(=NC(C)(C)N)C([N+](=O)[O-])=NC2=C1. The van der Waals surface area contributed by atoms with Gasteiger partial charge in [0, 0.05) is 32.4 Å². The van der Waals surface area contributed by atoms with Gasteiger partial charge in [0.25, 0.3) is 0 Å². The first kappa shape index (κ1) is 15.8. The predicted molar refractivity (Wildman–Crippen MR) is 86.6 cm³/mol. The van der Waals surface area contributed by atoms with Gasteiger partial charge in [-0.15, -0.1) is 0 Å². The van der Waals surface area contributed by atoms with Crippen LogP contribution >= 0.6 is 0 Å². The maximum Gasteiger partial charge on any atom is 0.389 e. The molecule has 8 nitrogen and oxygen atoms in total. The maximum absolute atomic E-state index is 11.2. The van der Waals surface area contributed by atoms with Crippen molar-refractivity contribution in [3.05, 3.63) is 45.9 Å². The highest BCUT2D eigenvalue weighted by molar-refractivity contribution is 6.44. The normalized spacial score (nSPS) is 19.6. The van der Waals surface area contributed by atoms with Gasteiger partial charge in [-0.25, -0.2) is 4.99 Å². The van der Waals surface area contributed by atoms with Crippen molar-refractivity contribution in [2.24, 2.45) is 20.7 Å². The number of hydrogen-bond donors (Lipinski definition) is 1. The number of nitro groups is 1. The van der Waals surface area contributed by atoms with E-state index in [1.54, 1.807) is 32.1 Å². The Bertz CT molecular complexity index is 687. The molecule has 22 heavy (non-hydrogen) atoms. The molecule has 0 aromatic carbocycles. The standard InChI is InChI=1S/C14H18N6O2/c1-14(2,15)18-12-8-11-10(17-13(12)20(21)22)7-9(16-11)5-6-19(3)4/h5-8H,15H2,1-4H3/b6-5+,18-12?. The van der Waals surface area contributed by atoms with Crippen LogP contribution in [0.3, 0.4) is 0 Å². The fraction of sp³-hybridized carbons (Fsp3) is 0.357. The van der Waals surface area contributed by atoms with Gasteiger partial charge in [-0.05, 0) is 29.8 Å². The van der Waals surface area contributed by atoms with Crippen LogP contribution in [0.4, 0.5) is 0 Å². The van der Waals surface area contributed by atoms with Crippen LogP contribution in [0.5, 0.6) is 0 Å². The van der Waals surface area contributed by atoms with Crippen LogP contribution in [-0.4, -0.2) is 46.8 Å². The van der Waals surface area contributed by atoms with Crippen LogP contribution < -0.4 is 5.73 Å². The van der Waals surface area contributed by atoms with E-state index in [-0.39, 0.29) is 11.5 Å². The van der Waals surface area contributed by atoms with Gasteiger partial charge in [-0.3, -0.25) is 4.99 Å². The Kier molecular flexibility index (Phi) is 4.05. The largest absolute Gasteiger partial charge is 0.389 e. The highest BCUT2D eigenvalue weighted by Crippen LogP contribution is 2.25. The average molecular weight is 302 g/mol. The molecule has 8 heteroatoms. The zero-order valence-electron chi connectivity index (χ0n) is 12.9. The summed E-state index contributed by atoms with van der Waals surface area (Å²) in [6.45, 7) is 3.31. The second-order valence-electron chi connectivity index (χ2n) is 5.72. The van der Waals surface area contributed by atoms with Crippen molar-refractivity contribution in [2.45, 2.75) is 19.5 Å². The first-order valence-electron chi connectivity index (χ1n) is 6.65. The lowest BCUT2D eigenvalue weighted by molar-refractivity contribution is -0.346. The van der Waals surface area contributed by atoms with Crippen molar-refractivity contribution in [1.29, 1.82) is 0 Å². The topological polar surface area (TPSA) is 109 Å². The molecule has 0 atom stereocenters. The van der Waals surface area contributed by atoms with E-state index in [9.17, 15) is 10.1 Å². The van der Waals surface area contributed by atoms with Crippen LogP contribution in [-0.2, 0) is 0 Å². The molecule has 2 N–H and O–H groups in total. The lowest BCUT2D eigenvalue weighted by atomic mass is 10.1. The van der Waals surface area contributed by atoms with E-state index >= 15 is 0 Å². The summed E-state index contributed by atoms with van der Waals surface area (Å²) in [5.74, 6) is -0.318. The first-order chi connectivity index (χ1) is 10.2. The molecule has 0 radical (unpaired) electrons. The van der Waals surface area contributed by atoms with Crippen LogP contribution in [0.25, 0.3) is 0 Å². The molecular weight excluding hydrogens is 284 g/mol. The Morgan fingerprint density at radius 3 is 2.50 bits per heavy atom. The number of fused-ring (bicyclic) bond motifs is 1. The summed E-state index contributed by atoms with van der Waals surface area (Å²) < 4.78 is 0. The molecule has 0 unspecified atom stereocenters. The number of hydrogen-bond acceptors (Lipinski definition) is 7. The van der Waals surface area contributed by atoms with Crippen LogP contribution in [0, 0.1) is 10.1 Å². The van der Waals surface area contributed by atoms with Gasteiger partial charge < -0.3 is 20.7 Å². The summed E-state index contributed by atoms with van der Waals surface area (Å²) >= 11 is 0. The van der Waals surface area contributed by atoms with Gasteiger partial charge in [0.05, 0.1) is 5.71 Å². The molecule has 0 bridgehead atoms. The van der Waals surface area contributed by atoms with Gasteiger partial charge in [0.2, 0.25) is 5.70 Å². The Hall–Kier alpha value is -2.61. The second-order valence-corrected chi connectivity index (χ2v) is 5.72. The molecule has 0 fully saturated rings. The highest BCUT2D eigenvalue weighted by atomic mass is 16.6. The maximum atomic E-state index is 11.2. The summed E-state index contributed by atoms with van der Waals surface area (Å²) in [5, 5.41) is 11.2. The third kappa shape index (κ3) is 3.73. The van der Waals surface area contributed by atoms with Crippen molar-refractivity contribution in [2.75, 3.05) is 14.1 Å². The number of allylic oxidation sites excluding steroid dienone is 2. The van der Waals surface area contributed by atoms with E-state index in [4.69, 9.17) is 5.73 Å². The number of amidine groups is 1. The van der Waals surface area contributed by atoms with Crippen molar-refractivity contribution < 1.29 is 4.92 Å². The zero-order valence-corrected chi connectivity index (χ0v) is 12.9. The Balaban J connectivity index is 2.43. The number of rotatable bonds is 3. The van der Waals surface area contributed by atoms with Crippen molar-refractivity contribution in [3.8, 4) is 0 Å². The summed E-state index contributed by atoms with van der Waals surface area (Å²) in [6.07, 6.45) is 6.88. The molecule has 0 spiro atoms. The smallest absolute Gasteiger partial charge is 0.383 e. The minimum Gasteiger partial charge on any atom is -0.383 e. The molecule has 0 saturated heterocycles. The number of aliphatic imine (C=N–C) groups is 3. The number of dihydropyridines is 1. The fourth-order valence-corrected chi connectivity index (χ4v) is 1.84. The fourth-order valence-electron chi connectivity index (χ4n) is 1.84. The summed E-state index contributed by atoms with van der Waals surface area (Å²) in [4.78, 5) is 25.1. The van der Waals surface area contributed by atoms with Gasteiger partial charge >= 0.3 is 5.84 Å². The van der Waals surface area contributed by atoms with Crippen LogP contribution in [0.1, 0.15) is 13.8 Å². The molecule has 0 aromatic heterocycles. The van der Waals surface area contributed by atoms with E-state index in [0.29, 0.717) is 17.1 Å². The third-order valence-electron chi connectivity index (χ3n) is 2.65. The molecule has 2 aliphatic heterocycles. The minimum atomic E-state index is -0.930. The molecule has 0 aliphatic carbocycles. The third-order valence-corrected chi connectivity index (χ3v) is 2.65. The average Bonchev–Trinajstić information content (AvgIpc) is 2.75. The van der Waals surface area contributed by atoms with Crippen LogP contribution in [0.15, 0.2) is 50.8 Å². The minimum absolute atomic E-state index is 0.131. The number of nitrogens with two attached hydrogens (primary N) is 1. The van der Waals surface area contributed by atoms with Gasteiger partial charge in [0.1, 0.15) is 11.4 Å². The molecule has 0 aromatic rings. The van der Waals surface area contributed by atoms with Crippen molar-refractivity contribution in [3.63, 3.8) is 0 Å². The van der Waals surface area contributed by atoms with E-state index < -0.39 is 10.6 Å². The van der Waals surface area contributed by atoms with Gasteiger partial charge in [0.15, 0.2) is 5.71 Å². The molecule has 2 aliphatic rings. The summed E-state index contributed by atoms with van der Waals surface area (Å²) in [6, 6.07) is 0.